The molecule has 1 rings (SSSR count). The first-order chi connectivity index (χ1) is 7.19. The van der Waals surface area contributed by atoms with E-state index in [2.05, 4.69) is 10.1 Å². The SMILES string of the molecule is CC.CNc1ccc(Cl)c(C(=O)OC)c1. The van der Waals surface area contributed by atoms with Crippen LogP contribution in [0.4, 0.5) is 5.69 Å². The molecular weight excluding hydrogens is 214 g/mol. The Morgan fingerprint density at radius 1 is 1.40 bits per heavy atom. The van der Waals surface area contributed by atoms with Crippen molar-refractivity contribution in [1.29, 1.82) is 0 Å². The Bertz CT molecular complexity index is 326. The second-order valence-corrected chi connectivity index (χ2v) is 2.84. The molecule has 0 saturated heterocycles. The van der Waals surface area contributed by atoms with Crippen molar-refractivity contribution < 1.29 is 9.53 Å². The number of rotatable bonds is 2. The second kappa shape index (κ2) is 7.12. The summed E-state index contributed by atoms with van der Waals surface area (Å²) in [5.41, 5.74) is 1.20. The van der Waals surface area contributed by atoms with E-state index in [9.17, 15) is 4.79 Å². The summed E-state index contributed by atoms with van der Waals surface area (Å²) in [6.07, 6.45) is 0. The highest BCUT2D eigenvalue weighted by atomic mass is 35.5. The Balaban J connectivity index is 0.000000921. The van der Waals surface area contributed by atoms with Crippen LogP contribution in [0.25, 0.3) is 0 Å². The van der Waals surface area contributed by atoms with Crippen molar-refractivity contribution in [2.45, 2.75) is 13.8 Å². The molecule has 0 aliphatic carbocycles. The zero-order chi connectivity index (χ0) is 11.8. The Labute approximate surface area is 95.4 Å². The van der Waals surface area contributed by atoms with Gasteiger partial charge in [-0.15, -0.1) is 0 Å². The molecule has 1 aromatic carbocycles. The lowest BCUT2D eigenvalue weighted by Gasteiger charge is -2.04. The summed E-state index contributed by atoms with van der Waals surface area (Å²) in [7, 11) is 3.09. The zero-order valence-electron chi connectivity index (χ0n) is 9.43. The minimum atomic E-state index is -0.429. The number of halogens is 1. The van der Waals surface area contributed by atoms with E-state index in [0.29, 0.717) is 10.6 Å². The fourth-order valence-corrected chi connectivity index (χ4v) is 1.14. The Hall–Kier alpha value is -1.22. The molecule has 0 heterocycles. The molecule has 0 bridgehead atoms. The number of benzene rings is 1. The number of carbonyl (C=O) groups is 1. The van der Waals surface area contributed by atoms with Crippen LogP contribution in [-0.2, 0) is 4.74 Å². The molecule has 0 radical (unpaired) electrons. The highest BCUT2D eigenvalue weighted by Crippen LogP contribution is 2.20. The molecule has 4 heteroatoms. The number of methoxy groups -OCH3 is 1. The van der Waals surface area contributed by atoms with Gasteiger partial charge in [-0.25, -0.2) is 4.79 Å². The molecule has 0 fully saturated rings. The van der Waals surface area contributed by atoms with E-state index < -0.39 is 5.97 Å². The molecule has 0 aliphatic heterocycles. The van der Waals surface area contributed by atoms with Crippen LogP contribution in [0.1, 0.15) is 24.2 Å². The van der Waals surface area contributed by atoms with Gasteiger partial charge >= 0.3 is 5.97 Å². The van der Waals surface area contributed by atoms with Crippen LogP contribution in [-0.4, -0.2) is 20.1 Å². The van der Waals surface area contributed by atoms with Gasteiger partial charge in [0.05, 0.1) is 17.7 Å². The summed E-state index contributed by atoms with van der Waals surface area (Å²) in [4.78, 5) is 11.2. The smallest absolute Gasteiger partial charge is 0.339 e. The minimum absolute atomic E-state index is 0.371. The summed E-state index contributed by atoms with van der Waals surface area (Å²) >= 11 is 5.80. The van der Waals surface area contributed by atoms with Crippen molar-refractivity contribution in [3.8, 4) is 0 Å². The standard InChI is InChI=1S/C9H10ClNO2.C2H6/c1-11-6-3-4-8(10)7(5-6)9(12)13-2;1-2/h3-5,11H,1-2H3;1-2H3. The fraction of sp³-hybridized carbons (Fsp3) is 0.364. The van der Waals surface area contributed by atoms with Gasteiger partial charge in [0.15, 0.2) is 0 Å². The molecule has 15 heavy (non-hydrogen) atoms. The fourth-order valence-electron chi connectivity index (χ4n) is 0.947. The van der Waals surface area contributed by atoms with Crippen molar-refractivity contribution in [3.63, 3.8) is 0 Å². The molecule has 0 unspecified atom stereocenters. The normalized spacial score (nSPS) is 8.60. The molecule has 0 saturated carbocycles. The van der Waals surface area contributed by atoms with Crippen molar-refractivity contribution in [3.05, 3.63) is 28.8 Å². The number of esters is 1. The lowest BCUT2D eigenvalue weighted by molar-refractivity contribution is 0.0601. The van der Waals surface area contributed by atoms with E-state index in [-0.39, 0.29) is 0 Å². The average molecular weight is 230 g/mol. The van der Waals surface area contributed by atoms with Gasteiger partial charge in [0.2, 0.25) is 0 Å². The molecule has 3 nitrogen and oxygen atoms in total. The minimum Gasteiger partial charge on any atom is -0.465 e. The largest absolute Gasteiger partial charge is 0.465 e. The van der Waals surface area contributed by atoms with Crippen molar-refractivity contribution in [2.75, 3.05) is 19.5 Å². The molecule has 0 amide bonds. The third-order valence-electron chi connectivity index (χ3n) is 1.66. The number of ether oxygens (including phenoxy) is 1. The zero-order valence-corrected chi connectivity index (χ0v) is 10.2. The molecule has 84 valence electrons. The number of carbonyl (C=O) groups excluding carboxylic acids is 1. The highest BCUT2D eigenvalue weighted by molar-refractivity contribution is 6.33. The van der Waals surface area contributed by atoms with Crippen molar-refractivity contribution >= 4 is 23.3 Å². The number of nitrogens with one attached hydrogen (secondary N) is 1. The highest BCUT2D eigenvalue weighted by Gasteiger charge is 2.10. The lowest BCUT2D eigenvalue weighted by Crippen LogP contribution is -2.02. The quantitative estimate of drug-likeness (QED) is 0.792. The first-order valence-electron chi connectivity index (χ1n) is 4.74. The summed E-state index contributed by atoms with van der Waals surface area (Å²) in [6, 6.07) is 5.09. The Morgan fingerprint density at radius 3 is 2.47 bits per heavy atom. The van der Waals surface area contributed by atoms with E-state index in [1.54, 1.807) is 25.2 Å². The molecule has 1 aromatic rings. The molecule has 0 aliphatic rings. The van der Waals surface area contributed by atoms with Crippen LogP contribution in [0.5, 0.6) is 0 Å². The maximum absolute atomic E-state index is 11.2. The average Bonchev–Trinajstić information content (AvgIpc) is 2.31. The van der Waals surface area contributed by atoms with Gasteiger partial charge in [-0.05, 0) is 18.2 Å². The maximum Gasteiger partial charge on any atom is 0.339 e. The maximum atomic E-state index is 11.2. The van der Waals surface area contributed by atoms with Crippen LogP contribution in [0.3, 0.4) is 0 Å². The summed E-state index contributed by atoms with van der Waals surface area (Å²) in [5.74, 6) is -0.429. The number of anilines is 1. The first-order valence-corrected chi connectivity index (χ1v) is 5.12. The van der Waals surface area contributed by atoms with E-state index in [4.69, 9.17) is 11.6 Å². The van der Waals surface area contributed by atoms with Crippen LogP contribution >= 0.6 is 11.6 Å². The van der Waals surface area contributed by atoms with Gasteiger partial charge in [0.25, 0.3) is 0 Å². The van der Waals surface area contributed by atoms with E-state index in [1.165, 1.54) is 7.11 Å². The van der Waals surface area contributed by atoms with Gasteiger partial charge in [-0.1, -0.05) is 25.4 Å². The third kappa shape index (κ3) is 3.80. The lowest BCUT2D eigenvalue weighted by atomic mass is 10.2. The van der Waals surface area contributed by atoms with Gasteiger partial charge in [-0.3, -0.25) is 0 Å². The first kappa shape index (κ1) is 13.8. The van der Waals surface area contributed by atoms with Gasteiger partial charge in [0.1, 0.15) is 0 Å². The molecule has 1 N–H and O–H groups in total. The predicted molar refractivity (Wildman–Crippen MR) is 63.7 cm³/mol. The predicted octanol–water partition coefficient (Wildman–Crippen LogP) is 3.19. The topological polar surface area (TPSA) is 38.3 Å². The second-order valence-electron chi connectivity index (χ2n) is 2.44. The van der Waals surface area contributed by atoms with Crippen LogP contribution in [0.15, 0.2) is 18.2 Å². The van der Waals surface area contributed by atoms with Gasteiger partial charge in [0, 0.05) is 12.7 Å². The van der Waals surface area contributed by atoms with Gasteiger partial charge in [-0.2, -0.15) is 0 Å². The Kier molecular flexibility index (Phi) is 6.54. The van der Waals surface area contributed by atoms with E-state index in [1.807, 2.05) is 13.8 Å². The summed E-state index contributed by atoms with van der Waals surface area (Å²) in [5, 5.41) is 3.30. The van der Waals surface area contributed by atoms with E-state index >= 15 is 0 Å². The van der Waals surface area contributed by atoms with Crippen molar-refractivity contribution in [2.24, 2.45) is 0 Å². The van der Waals surface area contributed by atoms with Crippen molar-refractivity contribution in [1.82, 2.24) is 0 Å². The molecule has 0 atom stereocenters. The third-order valence-corrected chi connectivity index (χ3v) is 1.99. The molecular formula is C11H16ClNO2. The summed E-state index contributed by atoms with van der Waals surface area (Å²) in [6.45, 7) is 4.00. The van der Waals surface area contributed by atoms with E-state index in [0.717, 1.165) is 5.69 Å². The number of hydrogen-bond donors (Lipinski definition) is 1. The monoisotopic (exact) mass is 229 g/mol. The van der Waals surface area contributed by atoms with Crippen LogP contribution in [0.2, 0.25) is 5.02 Å². The molecule has 0 spiro atoms. The van der Waals surface area contributed by atoms with Gasteiger partial charge < -0.3 is 10.1 Å². The molecule has 0 aromatic heterocycles. The summed E-state index contributed by atoms with van der Waals surface area (Å²) < 4.78 is 4.57. The van der Waals surface area contributed by atoms with Crippen LogP contribution in [0, 0.1) is 0 Å². The Morgan fingerprint density at radius 2 is 2.00 bits per heavy atom. The number of hydrogen-bond acceptors (Lipinski definition) is 3. The van der Waals surface area contributed by atoms with Crippen LogP contribution < -0.4 is 5.32 Å².